The predicted molar refractivity (Wildman–Crippen MR) is 96.9 cm³/mol. The molecule has 0 unspecified atom stereocenters. The molecule has 0 fully saturated rings. The van der Waals surface area contributed by atoms with Crippen LogP contribution in [0.1, 0.15) is 36.0 Å². The Hall–Kier alpha value is -1.81. The number of ether oxygens (including phenoxy) is 1. The first kappa shape index (κ1) is 16.1. The lowest BCUT2D eigenvalue weighted by atomic mass is 10.1. The zero-order chi connectivity index (χ0) is 16.1. The highest BCUT2D eigenvalue weighted by Gasteiger charge is 2.27. The van der Waals surface area contributed by atoms with E-state index in [0.717, 1.165) is 36.2 Å². The molecule has 0 saturated heterocycles. The van der Waals surface area contributed by atoms with Gasteiger partial charge in [0.2, 0.25) is 0 Å². The summed E-state index contributed by atoms with van der Waals surface area (Å²) in [4.78, 5) is 14.8. The van der Waals surface area contributed by atoms with Crippen molar-refractivity contribution < 1.29 is 9.53 Å². The molecule has 0 atom stereocenters. The van der Waals surface area contributed by atoms with E-state index in [1.807, 2.05) is 53.4 Å². The van der Waals surface area contributed by atoms with E-state index in [-0.39, 0.29) is 5.91 Å². The quantitative estimate of drug-likeness (QED) is 0.501. The van der Waals surface area contributed by atoms with Crippen LogP contribution in [0.15, 0.2) is 48.5 Å². The number of carbonyl (C=O) groups excluding carboxylic acids is 1. The maximum atomic E-state index is 13.0. The van der Waals surface area contributed by atoms with Crippen LogP contribution in [-0.2, 0) is 0 Å². The van der Waals surface area contributed by atoms with Crippen molar-refractivity contribution in [2.24, 2.45) is 0 Å². The molecule has 2 aromatic carbocycles. The summed E-state index contributed by atoms with van der Waals surface area (Å²) < 4.78 is 5.98. The summed E-state index contributed by atoms with van der Waals surface area (Å²) in [7, 11) is 0. The Bertz CT molecular complexity index is 687. The molecule has 0 aromatic heterocycles. The molecule has 1 heterocycles. The normalized spacial score (nSPS) is 13.1. The first-order valence-corrected chi connectivity index (χ1v) is 9.17. The summed E-state index contributed by atoms with van der Waals surface area (Å²) in [5.74, 6) is 1.39. The summed E-state index contributed by atoms with van der Waals surface area (Å²) in [6.07, 6.45) is 4.48. The molecular formula is C19H20BrNO2. The molecule has 120 valence electrons. The van der Waals surface area contributed by atoms with E-state index in [2.05, 4.69) is 15.9 Å². The van der Waals surface area contributed by atoms with Crippen LogP contribution in [0.5, 0.6) is 11.5 Å². The van der Waals surface area contributed by atoms with Gasteiger partial charge in [-0.3, -0.25) is 4.79 Å². The maximum absolute atomic E-state index is 13.0. The summed E-state index contributed by atoms with van der Waals surface area (Å²) in [6.45, 7) is 0.718. The van der Waals surface area contributed by atoms with Gasteiger partial charge in [-0.25, -0.2) is 0 Å². The van der Waals surface area contributed by atoms with E-state index in [0.29, 0.717) is 11.3 Å². The number of anilines is 1. The average Bonchev–Trinajstić information content (AvgIpc) is 2.70. The summed E-state index contributed by atoms with van der Waals surface area (Å²) in [5, 5.41) is 1.04. The monoisotopic (exact) mass is 373 g/mol. The van der Waals surface area contributed by atoms with Gasteiger partial charge in [-0.2, -0.15) is 0 Å². The van der Waals surface area contributed by atoms with Crippen molar-refractivity contribution >= 4 is 27.5 Å². The van der Waals surface area contributed by atoms with Crippen LogP contribution in [0.3, 0.4) is 0 Å². The van der Waals surface area contributed by atoms with Crippen LogP contribution in [-0.4, -0.2) is 17.8 Å². The number of halogens is 1. The lowest BCUT2D eigenvalue weighted by molar-refractivity contribution is 0.0986. The minimum absolute atomic E-state index is 0.0195. The highest BCUT2D eigenvalue weighted by molar-refractivity contribution is 9.09. The van der Waals surface area contributed by atoms with Gasteiger partial charge < -0.3 is 9.64 Å². The summed E-state index contributed by atoms with van der Waals surface area (Å²) >= 11 is 3.46. The summed E-state index contributed by atoms with van der Waals surface area (Å²) in [6, 6.07) is 15.2. The van der Waals surface area contributed by atoms with Gasteiger partial charge in [-0.1, -0.05) is 53.0 Å². The first-order chi connectivity index (χ1) is 11.3. The predicted octanol–water partition coefficient (Wildman–Crippen LogP) is 5.39. The van der Waals surface area contributed by atoms with Crippen LogP contribution in [0.2, 0.25) is 0 Å². The Labute approximate surface area is 145 Å². The van der Waals surface area contributed by atoms with E-state index in [1.165, 1.54) is 12.8 Å². The van der Waals surface area contributed by atoms with Crippen molar-refractivity contribution in [1.29, 1.82) is 0 Å². The highest BCUT2D eigenvalue weighted by Crippen LogP contribution is 2.38. The molecule has 3 rings (SSSR count). The Kier molecular flexibility index (Phi) is 5.34. The van der Waals surface area contributed by atoms with Gasteiger partial charge in [0.25, 0.3) is 5.91 Å². The number of unbranched alkanes of at least 4 members (excludes halogenated alkanes) is 3. The molecule has 1 aliphatic heterocycles. The second-order valence-electron chi connectivity index (χ2n) is 5.63. The van der Waals surface area contributed by atoms with Crippen molar-refractivity contribution in [2.45, 2.75) is 25.7 Å². The number of rotatable bonds is 6. The van der Waals surface area contributed by atoms with Crippen molar-refractivity contribution in [3.05, 3.63) is 54.1 Å². The highest BCUT2D eigenvalue weighted by atomic mass is 79.9. The number of benzene rings is 2. The summed E-state index contributed by atoms with van der Waals surface area (Å²) in [5.41, 5.74) is 1.48. The molecular weight excluding hydrogens is 354 g/mol. The fourth-order valence-corrected chi connectivity index (χ4v) is 3.21. The third kappa shape index (κ3) is 3.58. The van der Waals surface area contributed by atoms with Crippen LogP contribution >= 0.6 is 15.9 Å². The van der Waals surface area contributed by atoms with E-state index in [4.69, 9.17) is 4.74 Å². The Morgan fingerprint density at radius 1 is 0.870 bits per heavy atom. The topological polar surface area (TPSA) is 29.5 Å². The SMILES string of the molecule is O=C1c2ccccc2Oc2ccccc2N1CCCCCCBr. The van der Waals surface area contributed by atoms with E-state index < -0.39 is 0 Å². The molecule has 23 heavy (non-hydrogen) atoms. The van der Waals surface area contributed by atoms with Crippen molar-refractivity contribution in [2.75, 3.05) is 16.8 Å². The standard InChI is InChI=1S/C19H20BrNO2/c20-13-7-1-2-8-14-21-16-10-4-6-12-18(16)23-17-11-5-3-9-15(17)19(21)22/h3-6,9-12H,1-2,7-8,13-14H2. The zero-order valence-corrected chi connectivity index (χ0v) is 14.6. The number of fused-ring (bicyclic) bond motifs is 2. The number of para-hydroxylation sites is 3. The minimum atomic E-state index is 0.0195. The third-order valence-electron chi connectivity index (χ3n) is 4.00. The van der Waals surface area contributed by atoms with Crippen molar-refractivity contribution in [3.8, 4) is 11.5 Å². The molecule has 0 spiro atoms. The van der Waals surface area contributed by atoms with Crippen molar-refractivity contribution in [3.63, 3.8) is 0 Å². The van der Waals surface area contributed by atoms with E-state index >= 15 is 0 Å². The average molecular weight is 374 g/mol. The van der Waals surface area contributed by atoms with Gasteiger partial charge in [0.1, 0.15) is 5.75 Å². The molecule has 1 amide bonds. The molecule has 0 radical (unpaired) electrons. The molecule has 3 nitrogen and oxygen atoms in total. The smallest absolute Gasteiger partial charge is 0.262 e. The lowest BCUT2D eigenvalue weighted by Gasteiger charge is -2.22. The molecule has 2 aromatic rings. The second-order valence-corrected chi connectivity index (χ2v) is 6.42. The maximum Gasteiger partial charge on any atom is 0.262 e. The number of hydrogen-bond donors (Lipinski definition) is 0. The van der Waals surface area contributed by atoms with Gasteiger partial charge >= 0.3 is 0 Å². The van der Waals surface area contributed by atoms with Crippen LogP contribution in [0.25, 0.3) is 0 Å². The Morgan fingerprint density at radius 3 is 2.39 bits per heavy atom. The van der Waals surface area contributed by atoms with Crippen LogP contribution in [0, 0.1) is 0 Å². The lowest BCUT2D eigenvalue weighted by Crippen LogP contribution is -2.31. The number of hydrogen-bond acceptors (Lipinski definition) is 2. The second kappa shape index (κ2) is 7.64. The van der Waals surface area contributed by atoms with E-state index in [9.17, 15) is 4.79 Å². The largest absolute Gasteiger partial charge is 0.454 e. The van der Waals surface area contributed by atoms with Gasteiger partial charge in [0.05, 0.1) is 11.3 Å². The Morgan fingerprint density at radius 2 is 1.57 bits per heavy atom. The number of nitrogens with zero attached hydrogens (tertiary/aromatic N) is 1. The zero-order valence-electron chi connectivity index (χ0n) is 13.0. The third-order valence-corrected chi connectivity index (χ3v) is 4.56. The van der Waals surface area contributed by atoms with E-state index in [1.54, 1.807) is 0 Å². The number of amides is 1. The fraction of sp³-hybridized carbons (Fsp3) is 0.316. The van der Waals surface area contributed by atoms with Gasteiger partial charge in [-0.05, 0) is 37.1 Å². The fourth-order valence-electron chi connectivity index (χ4n) is 2.81. The molecule has 4 heteroatoms. The van der Waals surface area contributed by atoms with Gasteiger partial charge in [-0.15, -0.1) is 0 Å². The molecule has 0 bridgehead atoms. The van der Waals surface area contributed by atoms with Crippen LogP contribution in [0.4, 0.5) is 5.69 Å². The molecule has 0 N–H and O–H groups in total. The van der Waals surface area contributed by atoms with Crippen molar-refractivity contribution in [1.82, 2.24) is 0 Å². The molecule has 0 aliphatic carbocycles. The first-order valence-electron chi connectivity index (χ1n) is 8.05. The molecule has 1 aliphatic rings. The minimum Gasteiger partial charge on any atom is -0.454 e. The number of alkyl halides is 1. The number of carbonyl (C=O) groups is 1. The van der Waals surface area contributed by atoms with Gasteiger partial charge in [0, 0.05) is 11.9 Å². The van der Waals surface area contributed by atoms with Crippen LogP contribution < -0.4 is 9.64 Å². The molecule has 0 saturated carbocycles. The Balaban J connectivity index is 1.86. The van der Waals surface area contributed by atoms with Gasteiger partial charge in [0.15, 0.2) is 5.75 Å².